The summed E-state index contributed by atoms with van der Waals surface area (Å²) in [6, 6.07) is 4.18. The zero-order valence-electron chi connectivity index (χ0n) is 6.93. The van der Waals surface area contributed by atoms with E-state index in [0.717, 1.165) is 10.0 Å². The Hall–Kier alpha value is -0.710. The van der Waals surface area contributed by atoms with E-state index >= 15 is 0 Å². The van der Waals surface area contributed by atoms with E-state index in [1.165, 1.54) is 12.1 Å². The van der Waals surface area contributed by atoms with Crippen LogP contribution < -0.4 is 11.3 Å². The van der Waals surface area contributed by atoms with Gasteiger partial charge in [-0.05, 0) is 23.8 Å². The van der Waals surface area contributed by atoms with E-state index in [0.29, 0.717) is 0 Å². The van der Waals surface area contributed by atoms with Crippen molar-refractivity contribution in [2.45, 2.75) is 6.04 Å². The van der Waals surface area contributed by atoms with Gasteiger partial charge in [-0.15, -0.1) is 6.58 Å². The van der Waals surface area contributed by atoms with Crippen LogP contribution in [0.2, 0.25) is 0 Å². The third-order valence-corrected chi connectivity index (χ3v) is 2.43. The van der Waals surface area contributed by atoms with Crippen molar-refractivity contribution in [3.63, 3.8) is 0 Å². The van der Waals surface area contributed by atoms with Gasteiger partial charge in [0.25, 0.3) is 0 Å². The van der Waals surface area contributed by atoms with Crippen LogP contribution in [-0.4, -0.2) is 0 Å². The number of hydrazine groups is 1. The van der Waals surface area contributed by atoms with Crippen LogP contribution >= 0.6 is 15.9 Å². The second-order valence-corrected chi connectivity index (χ2v) is 3.40. The molecule has 0 aromatic heterocycles. The Morgan fingerprint density at radius 1 is 1.62 bits per heavy atom. The lowest BCUT2D eigenvalue weighted by Crippen LogP contribution is -2.26. The lowest BCUT2D eigenvalue weighted by molar-refractivity contribution is 0.610. The zero-order chi connectivity index (χ0) is 9.84. The minimum Gasteiger partial charge on any atom is -0.271 e. The first-order valence-corrected chi connectivity index (χ1v) is 4.52. The van der Waals surface area contributed by atoms with Gasteiger partial charge in [0.2, 0.25) is 0 Å². The normalized spacial score (nSPS) is 12.5. The van der Waals surface area contributed by atoms with Gasteiger partial charge in [0, 0.05) is 4.47 Å². The van der Waals surface area contributed by atoms with Crippen LogP contribution in [0.3, 0.4) is 0 Å². The molecule has 0 bridgehead atoms. The summed E-state index contributed by atoms with van der Waals surface area (Å²) in [4.78, 5) is 0. The second-order valence-electron chi connectivity index (χ2n) is 2.55. The summed E-state index contributed by atoms with van der Waals surface area (Å²) in [5, 5.41) is 0. The Bertz CT molecular complexity index is 314. The van der Waals surface area contributed by atoms with Crippen LogP contribution in [0.15, 0.2) is 35.3 Å². The molecule has 0 aliphatic heterocycles. The molecule has 0 fully saturated rings. The lowest BCUT2D eigenvalue weighted by atomic mass is 10.1. The molecule has 0 saturated carbocycles. The van der Waals surface area contributed by atoms with Crippen molar-refractivity contribution in [3.05, 3.63) is 46.7 Å². The van der Waals surface area contributed by atoms with Crippen molar-refractivity contribution in [2.75, 3.05) is 0 Å². The summed E-state index contributed by atoms with van der Waals surface area (Å²) < 4.78 is 13.7. The maximum atomic E-state index is 12.9. The number of nitrogens with two attached hydrogens (primary N) is 1. The molecule has 1 atom stereocenters. The topological polar surface area (TPSA) is 38.0 Å². The molecular formula is C9H10BrFN2. The summed E-state index contributed by atoms with van der Waals surface area (Å²) in [5.41, 5.74) is 3.26. The monoisotopic (exact) mass is 244 g/mol. The van der Waals surface area contributed by atoms with Gasteiger partial charge in [0.15, 0.2) is 0 Å². The molecule has 0 heterocycles. The quantitative estimate of drug-likeness (QED) is 0.487. The maximum absolute atomic E-state index is 12.9. The van der Waals surface area contributed by atoms with Gasteiger partial charge in [-0.25, -0.2) is 9.82 Å². The number of halogens is 2. The molecule has 0 spiro atoms. The van der Waals surface area contributed by atoms with E-state index in [1.54, 1.807) is 12.1 Å². The van der Waals surface area contributed by atoms with Crippen LogP contribution in [0.1, 0.15) is 11.6 Å². The van der Waals surface area contributed by atoms with Crippen molar-refractivity contribution in [1.82, 2.24) is 5.43 Å². The average molecular weight is 245 g/mol. The molecule has 1 rings (SSSR count). The highest BCUT2D eigenvalue weighted by molar-refractivity contribution is 9.10. The first-order chi connectivity index (χ1) is 6.19. The molecule has 0 amide bonds. The molecule has 1 aromatic rings. The summed E-state index contributed by atoms with van der Waals surface area (Å²) in [7, 11) is 0. The largest absolute Gasteiger partial charge is 0.271 e. The highest BCUT2D eigenvalue weighted by atomic mass is 79.9. The predicted octanol–water partition coefficient (Wildman–Crippen LogP) is 2.28. The van der Waals surface area contributed by atoms with Crippen LogP contribution in [0, 0.1) is 5.82 Å². The lowest BCUT2D eigenvalue weighted by Gasteiger charge is -2.13. The Labute approximate surface area is 84.7 Å². The Morgan fingerprint density at radius 3 is 2.85 bits per heavy atom. The van der Waals surface area contributed by atoms with E-state index in [2.05, 4.69) is 27.9 Å². The fraction of sp³-hybridized carbons (Fsp3) is 0.111. The Kier molecular flexibility index (Phi) is 3.59. The minimum absolute atomic E-state index is 0.245. The predicted molar refractivity (Wildman–Crippen MR) is 54.4 cm³/mol. The first-order valence-electron chi connectivity index (χ1n) is 3.72. The Balaban J connectivity index is 3.10. The molecule has 13 heavy (non-hydrogen) atoms. The van der Waals surface area contributed by atoms with Crippen molar-refractivity contribution in [2.24, 2.45) is 5.84 Å². The zero-order valence-corrected chi connectivity index (χ0v) is 8.51. The second kappa shape index (κ2) is 4.50. The van der Waals surface area contributed by atoms with Gasteiger partial charge in [-0.1, -0.05) is 22.0 Å². The van der Waals surface area contributed by atoms with Gasteiger partial charge >= 0.3 is 0 Å². The third-order valence-electron chi connectivity index (χ3n) is 1.71. The molecule has 2 nitrogen and oxygen atoms in total. The molecule has 0 aliphatic carbocycles. The van der Waals surface area contributed by atoms with Gasteiger partial charge in [-0.3, -0.25) is 5.84 Å². The summed E-state index contributed by atoms with van der Waals surface area (Å²) in [6.07, 6.45) is 1.61. The minimum atomic E-state index is -0.291. The van der Waals surface area contributed by atoms with E-state index < -0.39 is 0 Å². The third kappa shape index (κ3) is 2.37. The van der Waals surface area contributed by atoms with Gasteiger partial charge < -0.3 is 0 Å². The van der Waals surface area contributed by atoms with E-state index in [4.69, 9.17) is 5.84 Å². The van der Waals surface area contributed by atoms with Gasteiger partial charge in [0.1, 0.15) is 5.82 Å². The van der Waals surface area contributed by atoms with E-state index in [9.17, 15) is 4.39 Å². The van der Waals surface area contributed by atoms with Crippen molar-refractivity contribution in [3.8, 4) is 0 Å². The van der Waals surface area contributed by atoms with Crippen LogP contribution in [-0.2, 0) is 0 Å². The fourth-order valence-corrected chi connectivity index (χ4v) is 1.53. The summed E-state index contributed by atoms with van der Waals surface area (Å²) in [5.74, 6) is 4.98. The molecule has 3 N–H and O–H groups in total. The van der Waals surface area contributed by atoms with Gasteiger partial charge in [-0.2, -0.15) is 0 Å². The molecule has 0 saturated heterocycles. The highest BCUT2D eigenvalue weighted by Crippen LogP contribution is 2.24. The molecule has 0 radical (unpaired) electrons. The standard InChI is InChI=1S/C9H10BrFN2/c1-2-9(13-12)7-5-6(11)3-4-8(7)10/h2-5,9,13H,1,12H2. The summed E-state index contributed by atoms with van der Waals surface area (Å²) in [6.45, 7) is 3.59. The maximum Gasteiger partial charge on any atom is 0.123 e. The SMILES string of the molecule is C=CC(NN)c1cc(F)ccc1Br. The average Bonchev–Trinajstić information content (AvgIpc) is 2.13. The summed E-state index contributed by atoms with van der Waals surface area (Å²) >= 11 is 3.30. The number of benzene rings is 1. The van der Waals surface area contributed by atoms with Crippen molar-refractivity contribution >= 4 is 15.9 Å². The molecule has 0 aliphatic rings. The number of nitrogens with one attached hydrogen (secondary N) is 1. The molecule has 1 unspecified atom stereocenters. The van der Waals surface area contributed by atoms with Gasteiger partial charge in [0.05, 0.1) is 6.04 Å². The van der Waals surface area contributed by atoms with E-state index in [1.807, 2.05) is 0 Å². The van der Waals surface area contributed by atoms with Crippen LogP contribution in [0.5, 0.6) is 0 Å². The first kappa shape index (κ1) is 10.4. The van der Waals surface area contributed by atoms with E-state index in [-0.39, 0.29) is 11.9 Å². The highest BCUT2D eigenvalue weighted by Gasteiger charge is 2.09. The number of hydrogen-bond acceptors (Lipinski definition) is 2. The molecule has 4 heteroatoms. The molecular weight excluding hydrogens is 235 g/mol. The number of rotatable bonds is 3. The Morgan fingerprint density at radius 2 is 2.31 bits per heavy atom. The fourth-order valence-electron chi connectivity index (χ4n) is 1.04. The smallest absolute Gasteiger partial charge is 0.123 e. The van der Waals surface area contributed by atoms with Crippen LogP contribution in [0.25, 0.3) is 0 Å². The molecule has 1 aromatic carbocycles. The van der Waals surface area contributed by atoms with Crippen LogP contribution in [0.4, 0.5) is 4.39 Å². The molecule has 70 valence electrons. The number of hydrogen-bond donors (Lipinski definition) is 2. The van der Waals surface area contributed by atoms with Crippen molar-refractivity contribution < 1.29 is 4.39 Å². The van der Waals surface area contributed by atoms with Crippen molar-refractivity contribution in [1.29, 1.82) is 0 Å².